The molecule has 8 heteroatoms. The van der Waals surface area contributed by atoms with Crippen LogP contribution >= 0.6 is 0 Å². The number of hydrogen-bond acceptors (Lipinski definition) is 6. The van der Waals surface area contributed by atoms with Crippen molar-refractivity contribution in [3.05, 3.63) is 83.8 Å². The lowest BCUT2D eigenvalue weighted by Crippen LogP contribution is -2.51. The highest BCUT2D eigenvalue weighted by atomic mass is 16.5. The highest BCUT2D eigenvalue weighted by molar-refractivity contribution is 5.96. The van der Waals surface area contributed by atoms with Crippen molar-refractivity contribution < 1.29 is 14.3 Å². The standard InChI is InChI=1S/C25H27N5O3/c1-19-15-21(9-10-26-19)25(32)28-17-24(31)30-13-11-29(12-14-30)23-8-7-22(16-27-23)33-18-20-5-3-2-4-6-20/h2-10,15-16H,11-14,17-18H2,1H3,(H,28,32). The van der Waals surface area contributed by atoms with E-state index in [4.69, 9.17) is 4.74 Å². The molecule has 0 radical (unpaired) electrons. The van der Waals surface area contributed by atoms with E-state index in [0.29, 0.717) is 38.3 Å². The summed E-state index contributed by atoms with van der Waals surface area (Å²) in [6, 6.07) is 17.2. The molecule has 0 unspecified atom stereocenters. The molecule has 2 amide bonds. The Morgan fingerprint density at radius 2 is 1.79 bits per heavy atom. The second-order valence-corrected chi connectivity index (χ2v) is 7.86. The number of pyridine rings is 2. The zero-order valence-electron chi connectivity index (χ0n) is 18.6. The van der Waals surface area contributed by atoms with Crippen molar-refractivity contribution in [1.29, 1.82) is 0 Å². The second-order valence-electron chi connectivity index (χ2n) is 7.86. The zero-order chi connectivity index (χ0) is 23.0. The molecule has 1 aromatic carbocycles. The van der Waals surface area contributed by atoms with Gasteiger partial charge >= 0.3 is 0 Å². The highest BCUT2D eigenvalue weighted by Crippen LogP contribution is 2.18. The largest absolute Gasteiger partial charge is 0.487 e. The predicted octanol–water partition coefficient (Wildman–Crippen LogP) is 2.44. The van der Waals surface area contributed by atoms with Gasteiger partial charge in [0.05, 0.1) is 12.7 Å². The average Bonchev–Trinajstić information content (AvgIpc) is 2.87. The number of hydrogen-bond donors (Lipinski definition) is 1. The minimum absolute atomic E-state index is 0.0219. The lowest BCUT2D eigenvalue weighted by molar-refractivity contribution is -0.130. The molecule has 2 aromatic heterocycles. The Morgan fingerprint density at radius 3 is 2.48 bits per heavy atom. The van der Waals surface area contributed by atoms with Crippen molar-refractivity contribution in [2.24, 2.45) is 0 Å². The molecule has 8 nitrogen and oxygen atoms in total. The topological polar surface area (TPSA) is 87.7 Å². The van der Waals surface area contributed by atoms with Crippen LogP contribution in [0.25, 0.3) is 0 Å². The predicted molar refractivity (Wildman–Crippen MR) is 125 cm³/mol. The summed E-state index contributed by atoms with van der Waals surface area (Å²) >= 11 is 0. The molecular formula is C25H27N5O3. The molecule has 1 N–H and O–H groups in total. The Kier molecular flexibility index (Phi) is 7.14. The number of piperazine rings is 1. The van der Waals surface area contributed by atoms with Gasteiger partial charge in [0.25, 0.3) is 5.91 Å². The minimum Gasteiger partial charge on any atom is -0.487 e. The summed E-state index contributed by atoms with van der Waals surface area (Å²) in [6.45, 7) is 4.82. The quantitative estimate of drug-likeness (QED) is 0.601. The monoisotopic (exact) mass is 445 g/mol. The maximum atomic E-state index is 12.5. The summed E-state index contributed by atoms with van der Waals surface area (Å²) in [7, 11) is 0. The first-order valence-corrected chi connectivity index (χ1v) is 10.9. The number of nitrogens with zero attached hydrogens (tertiary/aromatic N) is 4. The Hall–Kier alpha value is -3.94. The number of carbonyl (C=O) groups excluding carboxylic acids is 2. The summed E-state index contributed by atoms with van der Waals surface area (Å²) in [6.07, 6.45) is 3.31. The molecule has 1 aliphatic heterocycles. The maximum Gasteiger partial charge on any atom is 0.251 e. The fraction of sp³-hybridized carbons (Fsp3) is 0.280. The number of nitrogens with one attached hydrogen (secondary N) is 1. The van der Waals surface area contributed by atoms with Gasteiger partial charge in [0.1, 0.15) is 18.2 Å². The van der Waals surface area contributed by atoms with Gasteiger partial charge in [-0.1, -0.05) is 30.3 Å². The van der Waals surface area contributed by atoms with Gasteiger partial charge in [-0.25, -0.2) is 4.98 Å². The summed E-state index contributed by atoms with van der Waals surface area (Å²) in [5.41, 5.74) is 2.37. The summed E-state index contributed by atoms with van der Waals surface area (Å²) in [5.74, 6) is 1.21. The summed E-state index contributed by atoms with van der Waals surface area (Å²) < 4.78 is 5.80. The number of carbonyl (C=O) groups is 2. The lowest BCUT2D eigenvalue weighted by Gasteiger charge is -2.35. The third-order valence-corrected chi connectivity index (χ3v) is 5.48. The number of ether oxygens (including phenoxy) is 1. The number of aryl methyl sites for hydroxylation is 1. The van der Waals surface area contributed by atoms with Crippen LogP contribution in [-0.2, 0) is 11.4 Å². The molecule has 0 atom stereocenters. The molecular weight excluding hydrogens is 418 g/mol. The molecule has 3 heterocycles. The van der Waals surface area contributed by atoms with Gasteiger partial charge in [0, 0.05) is 43.6 Å². The van der Waals surface area contributed by atoms with Gasteiger partial charge in [-0.15, -0.1) is 0 Å². The minimum atomic E-state index is -0.272. The summed E-state index contributed by atoms with van der Waals surface area (Å²) in [4.78, 5) is 37.3. The Balaban J connectivity index is 1.22. The van der Waals surface area contributed by atoms with E-state index >= 15 is 0 Å². The number of amides is 2. The lowest BCUT2D eigenvalue weighted by atomic mass is 10.2. The fourth-order valence-electron chi connectivity index (χ4n) is 3.63. The molecule has 33 heavy (non-hydrogen) atoms. The first-order chi connectivity index (χ1) is 16.1. The van der Waals surface area contributed by atoms with Crippen molar-refractivity contribution in [3.63, 3.8) is 0 Å². The molecule has 3 aromatic rings. The highest BCUT2D eigenvalue weighted by Gasteiger charge is 2.22. The van der Waals surface area contributed by atoms with E-state index < -0.39 is 0 Å². The molecule has 0 aliphatic carbocycles. The third-order valence-electron chi connectivity index (χ3n) is 5.48. The zero-order valence-corrected chi connectivity index (χ0v) is 18.6. The molecule has 0 bridgehead atoms. The van der Waals surface area contributed by atoms with E-state index in [-0.39, 0.29) is 18.4 Å². The van der Waals surface area contributed by atoms with Crippen LogP contribution in [0.15, 0.2) is 67.0 Å². The first kappa shape index (κ1) is 22.3. The Labute approximate surface area is 193 Å². The molecule has 1 fully saturated rings. The summed E-state index contributed by atoms with van der Waals surface area (Å²) in [5, 5.41) is 2.70. The first-order valence-electron chi connectivity index (χ1n) is 10.9. The van der Waals surface area contributed by atoms with Crippen molar-refractivity contribution >= 4 is 17.6 Å². The van der Waals surface area contributed by atoms with Crippen molar-refractivity contribution in [2.45, 2.75) is 13.5 Å². The number of benzene rings is 1. The Bertz CT molecular complexity index is 1080. The average molecular weight is 446 g/mol. The van der Waals surface area contributed by atoms with Gasteiger partial charge in [-0.05, 0) is 36.8 Å². The van der Waals surface area contributed by atoms with Crippen LogP contribution in [0, 0.1) is 6.92 Å². The van der Waals surface area contributed by atoms with Crippen LogP contribution in [0.5, 0.6) is 5.75 Å². The van der Waals surface area contributed by atoms with Crippen LogP contribution in [-0.4, -0.2) is 59.4 Å². The SMILES string of the molecule is Cc1cc(C(=O)NCC(=O)N2CCN(c3ccc(OCc4ccccc4)cn3)CC2)ccn1. The van der Waals surface area contributed by atoms with Crippen molar-refractivity contribution in [3.8, 4) is 5.75 Å². The molecule has 0 saturated carbocycles. The van der Waals surface area contributed by atoms with Crippen LogP contribution in [0.2, 0.25) is 0 Å². The Morgan fingerprint density at radius 1 is 1.00 bits per heavy atom. The van der Waals surface area contributed by atoms with E-state index in [9.17, 15) is 9.59 Å². The number of anilines is 1. The van der Waals surface area contributed by atoms with Gasteiger partial charge in [-0.2, -0.15) is 0 Å². The van der Waals surface area contributed by atoms with Gasteiger partial charge < -0.3 is 19.9 Å². The van der Waals surface area contributed by atoms with Crippen molar-refractivity contribution in [1.82, 2.24) is 20.2 Å². The number of rotatable bonds is 7. The van der Waals surface area contributed by atoms with E-state index in [1.54, 1.807) is 29.4 Å². The smallest absolute Gasteiger partial charge is 0.251 e. The van der Waals surface area contributed by atoms with E-state index in [1.165, 1.54) is 0 Å². The molecule has 1 saturated heterocycles. The van der Waals surface area contributed by atoms with Crippen LogP contribution in [0.3, 0.4) is 0 Å². The van der Waals surface area contributed by atoms with Crippen LogP contribution < -0.4 is 15.0 Å². The fourth-order valence-corrected chi connectivity index (χ4v) is 3.63. The van der Waals surface area contributed by atoms with E-state index in [1.807, 2.05) is 49.4 Å². The molecule has 170 valence electrons. The maximum absolute atomic E-state index is 12.5. The van der Waals surface area contributed by atoms with Gasteiger partial charge in [0.15, 0.2) is 0 Å². The van der Waals surface area contributed by atoms with E-state index in [0.717, 1.165) is 22.8 Å². The van der Waals surface area contributed by atoms with Crippen molar-refractivity contribution in [2.75, 3.05) is 37.6 Å². The van der Waals surface area contributed by atoms with Crippen LogP contribution in [0.1, 0.15) is 21.6 Å². The molecule has 1 aliphatic rings. The third kappa shape index (κ3) is 6.06. The second kappa shape index (κ2) is 10.6. The number of aromatic nitrogens is 2. The normalized spacial score (nSPS) is 13.5. The van der Waals surface area contributed by atoms with E-state index in [2.05, 4.69) is 20.2 Å². The molecule has 4 rings (SSSR count). The molecule has 0 spiro atoms. The van der Waals surface area contributed by atoms with Crippen LogP contribution in [0.4, 0.5) is 5.82 Å². The van der Waals surface area contributed by atoms with Gasteiger partial charge in [-0.3, -0.25) is 14.6 Å². The van der Waals surface area contributed by atoms with Gasteiger partial charge in [0.2, 0.25) is 5.91 Å².